The van der Waals surface area contributed by atoms with Gasteiger partial charge < -0.3 is 10.1 Å². The highest BCUT2D eigenvalue weighted by molar-refractivity contribution is 6.29. The Morgan fingerprint density at radius 2 is 2.16 bits per heavy atom. The van der Waals surface area contributed by atoms with Gasteiger partial charge in [-0.25, -0.2) is 9.97 Å². The number of rotatable bonds is 5. The Bertz CT molecular complexity index is 427. The first-order valence-corrected chi connectivity index (χ1v) is 7.35. The van der Waals surface area contributed by atoms with E-state index in [0.717, 1.165) is 11.7 Å². The van der Waals surface area contributed by atoms with E-state index >= 15 is 0 Å². The summed E-state index contributed by atoms with van der Waals surface area (Å²) in [6, 6.07) is 2.26. The van der Waals surface area contributed by atoms with Gasteiger partial charge in [-0.3, -0.25) is 0 Å². The molecule has 0 aliphatic heterocycles. The van der Waals surface area contributed by atoms with E-state index in [2.05, 4.69) is 29.1 Å². The molecule has 3 unspecified atom stereocenters. The van der Waals surface area contributed by atoms with Crippen LogP contribution in [0.25, 0.3) is 0 Å². The standard InChI is InChI=1S/C14H22ClN3O/c1-4-19-8-14-17-12(15)7-13(18-14)16-11-6-5-9(2)10(11)3/h7,9-11H,4-6,8H2,1-3H3,(H,16,17,18). The number of nitrogens with zero attached hydrogens (tertiary/aromatic N) is 2. The van der Waals surface area contributed by atoms with Crippen molar-refractivity contribution in [2.45, 2.75) is 46.3 Å². The predicted molar refractivity (Wildman–Crippen MR) is 77.3 cm³/mol. The van der Waals surface area contributed by atoms with Gasteiger partial charge in [-0.2, -0.15) is 0 Å². The molecule has 0 amide bonds. The molecule has 2 rings (SSSR count). The van der Waals surface area contributed by atoms with Crippen LogP contribution in [0.1, 0.15) is 39.4 Å². The molecule has 1 fully saturated rings. The fourth-order valence-corrected chi connectivity index (χ4v) is 2.76. The molecule has 0 bridgehead atoms. The summed E-state index contributed by atoms with van der Waals surface area (Å²) >= 11 is 6.03. The van der Waals surface area contributed by atoms with Gasteiger partial charge in [0.15, 0.2) is 5.82 Å². The molecular weight excluding hydrogens is 262 g/mol. The third-order valence-corrected chi connectivity index (χ3v) is 4.17. The Labute approximate surface area is 119 Å². The van der Waals surface area contributed by atoms with Crippen LogP contribution >= 0.6 is 11.6 Å². The quantitative estimate of drug-likeness (QED) is 0.840. The van der Waals surface area contributed by atoms with E-state index in [1.807, 2.05) is 6.92 Å². The first kappa shape index (κ1) is 14.5. The molecule has 106 valence electrons. The third kappa shape index (κ3) is 3.80. The van der Waals surface area contributed by atoms with Gasteiger partial charge >= 0.3 is 0 Å². The molecule has 0 saturated heterocycles. The van der Waals surface area contributed by atoms with Crippen molar-refractivity contribution >= 4 is 17.4 Å². The lowest BCUT2D eigenvalue weighted by Gasteiger charge is -2.20. The van der Waals surface area contributed by atoms with E-state index in [4.69, 9.17) is 16.3 Å². The number of nitrogens with one attached hydrogen (secondary N) is 1. The fraction of sp³-hybridized carbons (Fsp3) is 0.714. The summed E-state index contributed by atoms with van der Waals surface area (Å²) in [4.78, 5) is 8.63. The number of hydrogen-bond acceptors (Lipinski definition) is 4. The van der Waals surface area contributed by atoms with Crippen LogP contribution in [0.3, 0.4) is 0 Å². The summed E-state index contributed by atoms with van der Waals surface area (Å²) in [5, 5.41) is 3.95. The van der Waals surface area contributed by atoms with Crippen molar-refractivity contribution in [1.82, 2.24) is 9.97 Å². The van der Waals surface area contributed by atoms with Crippen LogP contribution in [0.5, 0.6) is 0 Å². The van der Waals surface area contributed by atoms with Crippen LogP contribution in [0, 0.1) is 11.8 Å². The van der Waals surface area contributed by atoms with E-state index in [0.29, 0.717) is 36.2 Å². The van der Waals surface area contributed by atoms with Gasteiger partial charge in [0.05, 0.1) is 0 Å². The number of ether oxygens (including phenoxy) is 1. The summed E-state index contributed by atoms with van der Waals surface area (Å²) in [6.07, 6.45) is 2.45. The van der Waals surface area contributed by atoms with Crippen molar-refractivity contribution in [3.8, 4) is 0 Å². The molecule has 0 spiro atoms. The lowest BCUT2D eigenvalue weighted by atomic mass is 9.98. The molecule has 1 N–H and O–H groups in total. The smallest absolute Gasteiger partial charge is 0.158 e. The third-order valence-electron chi connectivity index (χ3n) is 3.98. The van der Waals surface area contributed by atoms with Crippen molar-refractivity contribution in [3.05, 3.63) is 17.0 Å². The monoisotopic (exact) mass is 283 g/mol. The first-order valence-electron chi connectivity index (χ1n) is 6.98. The van der Waals surface area contributed by atoms with Crippen LogP contribution in [-0.2, 0) is 11.3 Å². The molecule has 1 aliphatic carbocycles. The van der Waals surface area contributed by atoms with Gasteiger partial charge in [0.25, 0.3) is 0 Å². The van der Waals surface area contributed by atoms with Crippen molar-refractivity contribution in [2.75, 3.05) is 11.9 Å². The van der Waals surface area contributed by atoms with E-state index < -0.39 is 0 Å². The Hall–Kier alpha value is -0.870. The molecule has 0 radical (unpaired) electrons. The number of hydrogen-bond donors (Lipinski definition) is 1. The maximum absolute atomic E-state index is 6.03. The highest BCUT2D eigenvalue weighted by Gasteiger charge is 2.29. The zero-order valence-electron chi connectivity index (χ0n) is 11.8. The van der Waals surface area contributed by atoms with Gasteiger partial charge in [0.2, 0.25) is 0 Å². The number of halogens is 1. The topological polar surface area (TPSA) is 47.0 Å². The Morgan fingerprint density at radius 3 is 2.79 bits per heavy atom. The molecule has 1 aromatic heterocycles. The van der Waals surface area contributed by atoms with Crippen molar-refractivity contribution in [1.29, 1.82) is 0 Å². The zero-order valence-corrected chi connectivity index (χ0v) is 12.6. The maximum atomic E-state index is 6.03. The molecule has 1 aliphatic rings. The van der Waals surface area contributed by atoms with Crippen molar-refractivity contribution in [3.63, 3.8) is 0 Å². The van der Waals surface area contributed by atoms with Crippen LogP contribution in [0.2, 0.25) is 5.15 Å². The van der Waals surface area contributed by atoms with Crippen molar-refractivity contribution in [2.24, 2.45) is 11.8 Å². The second kappa shape index (κ2) is 6.53. The van der Waals surface area contributed by atoms with Gasteiger partial charge in [-0.15, -0.1) is 0 Å². The minimum atomic E-state index is 0.405. The molecule has 19 heavy (non-hydrogen) atoms. The second-order valence-corrected chi connectivity index (χ2v) is 5.68. The molecule has 4 nitrogen and oxygen atoms in total. The molecular formula is C14H22ClN3O. The van der Waals surface area contributed by atoms with Gasteiger partial charge in [-0.05, 0) is 31.6 Å². The van der Waals surface area contributed by atoms with Crippen LogP contribution < -0.4 is 5.32 Å². The van der Waals surface area contributed by atoms with Gasteiger partial charge in [0.1, 0.15) is 17.6 Å². The summed E-state index contributed by atoms with van der Waals surface area (Å²) in [7, 11) is 0. The molecule has 1 heterocycles. The summed E-state index contributed by atoms with van der Waals surface area (Å²) in [5.74, 6) is 2.86. The van der Waals surface area contributed by atoms with E-state index in [1.54, 1.807) is 6.07 Å². The Morgan fingerprint density at radius 1 is 1.37 bits per heavy atom. The molecule has 5 heteroatoms. The van der Waals surface area contributed by atoms with Crippen LogP contribution in [-0.4, -0.2) is 22.6 Å². The fourth-order valence-electron chi connectivity index (χ4n) is 2.55. The SMILES string of the molecule is CCOCc1nc(Cl)cc(NC2CCC(C)C2C)n1. The molecule has 1 saturated carbocycles. The average molecular weight is 284 g/mol. The lowest BCUT2D eigenvalue weighted by molar-refractivity contribution is 0.128. The lowest BCUT2D eigenvalue weighted by Crippen LogP contribution is -2.24. The summed E-state index contributed by atoms with van der Waals surface area (Å²) in [6.45, 7) is 7.60. The van der Waals surface area contributed by atoms with Crippen LogP contribution in [0.4, 0.5) is 5.82 Å². The largest absolute Gasteiger partial charge is 0.374 e. The minimum Gasteiger partial charge on any atom is -0.374 e. The Balaban J connectivity index is 2.05. The summed E-state index contributed by atoms with van der Waals surface area (Å²) < 4.78 is 5.33. The second-order valence-electron chi connectivity index (χ2n) is 5.29. The van der Waals surface area contributed by atoms with E-state index in [-0.39, 0.29) is 0 Å². The normalized spacial score (nSPS) is 26.6. The molecule has 1 aromatic rings. The molecule has 0 aromatic carbocycles. The van der Waals surface area contributed by atoms with Gasteiger partial charge in [0, 0.05) is 18.7 Å². The zero-order chi connectivity index (χ0) is 13.8. The summed E-state index contributed by atoms with van der Waals surface area (Å²) in [5.41, 5.74) is 0. The maximum Gasteiger partial charge on any atom is 0.158 e. The van der Waals surface area contributed by atoms with Crippen molar-refractivity contribution < 1.29 is 4.74 Å². The predicted octanol–water partition coefficient (Wildman–Crippen LogP) is 3.51. The number of aromatic nitrogens is 2. The van der Waals surface area contributed by atoms with Gasteiger partial charge in [-0.1, -0.05) is 25.4 Å². The van der Waals surface area contributed by atoms with E-state index in [1.165, 1.54) is 12.8 Å². The van der Waals surface area contributed by atoms with Crippen LogP contribution in [0.15, 0.2) is 6.07 Å². The minimum absolute atomic E-state index is 0.405. The Kier molecular flexibility index (Phi) is 4.99. The number of anilines is 1. The highest BCUT2D eigenvalue weighted by atomic mass is 35.5. The highest BCUT2D eigenvalue weighted by Crippen LogP contribution is 2.33. The average Bonchev–Trinajstić information content (AvgIpc) is 2.68. The first-order chi connectivity index (χ1) is 9.10. The van der Waals surface area contributed by atoms with E-state index in [9.17, 15) is 0 Å². The molecule has 3 atom stereocenters.